The molecule has 202 valence electrons. The van der Waals surface area contributed by atoms with Crippen molar-refractivity contribution in [1.29, 1.82) is 0 Å². The van der Waals surface area contributed by atoms with Crippen LogP contribution in [0.1, 0.15) is 77.2 Å². The SMILES string of the molecule is CC(C)(C)OC(=O)N1CCC(CCCOc2ccc3c(ccc4occ(C5CCC(=O)CC5=O)c43)c2)CC1. The van der Waals surface area contributed by atoms with Gasteiger partial charge in [-0.25, -0.2) is 4.79 Å². The maximum Gasteiger partial charge on any atom is 0.410 e. The first kappa shape index (κ1) is 26.3. The molecule has 1 saturated heterocycles. The van der Waals surface area contributed by atoms with Crippen LogP contribution in [0, 0.1) is 5.92 Å². The molecule has 0 spiro atoms. The number of furan rings is 1. The zero-order chi connectivity index (χ0) is 26.9. The number of nitrogens with zero attached hydrogens (tertiary/aromatic N) is 1. The maximum atomic E-state index is 12.6. The second-order valence-corrected chi connectivity index (χ2v) is 11.7. The number of fused-ring (bicyclic) bond motifs is 3. The molecule has 0 N–H and O–H groups in total. The number of piperidine rings is 1. The predicted octanol–water partition coefficient (Wildman–Crippen LogP) is 6.80. The summed E-state index contributed by atoms with van der Waals surface area (Å²) < 4.78 is 17.4. The van der Waals surface area contributed by atoms with Gasteiger partial charge in [0.1, 0.15) is 28.5 Å². The Balaban J connectivity index is 1.16. The van der Waals surface area contributed by atoms with Crippen molar-refractivity contribution in [1.82, 2.24) is 4.90 Å². The van der Waals surface area contributed by atoms with Crippen molar-refractivity contribution in [3.63, 3.8) is 0 Å². The summed E-state index contributed by atoms with van der Waals surface area (Å²) in [5, 5.41) is 3.02. The van der Waals surface area contributed by atoms with Crippen molar-refractivity contribution in [3.8, 4) is 5.75 Å². The second-order valence-electron chi connectivity index (χ2n) is 11.7. The topological polar surface area (TPSA) is 86.0 Å². The number of hydrogen-bond acceptors (Lipinski definition) is 6. The fourth-order valence-corrected chi connectivity index (χ4v) is 5.71. The van der Waals surface area contributed by atoms with Gasteiger partial charge in [0.05, 0.1) is 19.3 Å². The van der Waals surface area contributed by atoms with Crippen LogP contribution in [0.2, 0.25) is 0 Å². The molecule has 2 heterocycles. The maximum absolute atomic E-state index is 12.6. The van der Waals surface area contributed by atoms with E-state index in [0.29, 0.717) is 25.4 Å². The predicted molar refractivity (Wildman–Crippen MR) is 146 cm³/mol. The summed E-state index contributed by atoms with van der Waals surface area (Å²) in [4.78, 5) is 38.4. The van der Waals surface area contributed by atoms with Crippen molar-refractivity contribution in [2.24, 2.45) is 5.92 Å². The molecule has 2 aliphatic rings. The van der Waals surface area contributed by atoms with Crippen LogP contribution in [0.25, 0.3) is 21.7 Å². The second kappa shape index (κ2) is 10.8. The number of ketones is 2. The molecule has 1 aliphatic carbocycles. The first-order chi connectivity index (χ1) is 18.2. The normalized spacial score (nSPS) is 19.3. The Kier molecular flexibility index (Phi) is 7.46. The Morgan fingerprint density at radius 2 is 1.87 bits per heavy atom. The summed E-state index contributed by atoms with van der Waals surface area (Å²) >= 11 is 0. The highest BCUT2D eigenvalue weighted by molar-refractivity contribution is 6.11. The van der Waals surface area contributed by atoms with E-state index in [4.69, 9.17) is 13.9 Å². The quantitative estimate of drug-likeness (QED) is 0.263. The Morgan fingerprint density at radius 1 is 1.08 bits per heavy atom. The number of amides is 1. The standard InChI is InChI=1S/C31H37NO6/c1-31(2,3)38-30(35)32-14-12-20(13-15-32)5-4-16-36-23-8-10-24-21(17-23)6-11-28-29(24)26(19-37-28)25-9-7-22(33)18-27(25)34/h6,8,10-11,17,19-20,25H,4-5,7,9,12-16,18H2,1-3H3. The minimum atomic E-state index is -0.461. The average molecular weight is 520 g/mol. The summed E-state index contributed by atoms with van der Waals surface area (Å²) in [6.07, 6.45) is 6.50. The van der Waals surface area contributed by atoms with Gasteiger partial charge in [0, 0.05) is 36.4 Å². The number of rotatable bonds is 6. The first-order valence-corrected chi connectivity index (χ1v) is 13.8. The first-order valence-electron chi connectivity index (χ1n) is 13.8. The molecule has 1 atom stereocenters. The van der Waals surface area contributed by atoms with Crippen LogP contribution in [0.5, 0.6) is 5.75 Å². The van der Waals surface area contributed by atoms with E-state index in [9.17, 15) is 14.4 Å². The molecule has 3 aromatic rings. The van der Waals surface area contributed by atoms with E-state index in [2.05, 4.69) is 0 Å². The van der Waals surface area contributed by atoms with E-state index >= 15 is 0 Å². The van der Waals surface area contributed by atoms with Crippen molar-refractivity contribution in [2.45, 2.75) is 77.2 Å². The number of Topliss-reactive ketones (excluding diaryl/α,β-unsaturated/α-hetero) is 2. The van der Waals surface area contributed by atoms with E-state index in [1.165, 1.54) is 0 Å². The Labute approximate surface area is 223 Å². The van der Waals surface area contributed by atoms with E-state index in [1.807, 2.05) is 56.0 Å². The molecule has 1 unspecified atom stereocenters. The van der Waals surface area contributed by atoms with E-state index < -0.39 is 5.60 Å². The van der Waals surface area contributed by atoms with Crippen LogP contribution >= 0.6 is 0 Å². The van der Waals surface area contributed by atoms with Gasteiger partial charge in [-0.1, -0.05) is 6.07 Å². The van der Waals surface area contributed by atoms with Crippen LogP contribution in [0.3, 0.4) is 0 Å². The molecular formula is C31H37NO6. The van der Waals surface area contributed by atoms with E-state index in [0.717, 1.165) is 71.8 Å². The Hall–Kier alpha value is -3.35. The zero-order valence-electron chi connectivity index (χ0n) is 22.6. The molecule has 2 fully saturated rings. The minimum Gasteiger partial charge on any atom is -0.494 e. The van der Waals surface area contributed by atoms with Crippen molar-refractivity contribution < 1.29 is 28.3 Å². The summed E-state index contributed by atoms with van der Waals surface area (Å²) in [5.74, 6) is 1.14. The molecule has 5 rings (SSSR count). The highest BCUT2D eigenvalue weighted by atomic mass is 16.6. The molecule has 0 bridgehead atoms. The van der Waals surface area contributed by atoms with Crippen LogP contribution in [0.4, 0.5) is 4.79 Å². The van der Waals surface area contributed by atoms with Gasteiger partial charge in [-0.3, -0.25) is 9.59 Å². The van der Waals surface area contributed by atoms with Gasteiger partial charge in [-0.15, -0.1) is 0 Å². The lowest BCUT2D eigenvalue weighted by molar-refractivity contribution is -0.130. The Bertz CT molecular complexity index is 1340. The van der Waals surface area contributed by atoms with Gasteiger partial charge in [-0.05, 0) is 93.8 Å². The third-order valence-electron chi connectivity index (χ3n) is 7.69. The molecule has 7 nitrogen and oxygen atoms in total. The summed E-state index contributed by atoms with van der Waals surface area (Å²) in [6.45, 7) is 7.82. The van der Waals surface area contributed by atoms with Gasteiger partial charge in [0.15, 0.2) is 0 Å². The molecule has 1 aliphatic heterocycles. The monoisotopic (exact) mass is 519 g/mol. The highest BCUT2D eigenvalue weighted by Crippen LogP contribution is 2.39. The molecule has 38 heavy (non-hydrogen) atoms. The van der Waals surface area contributed by atoms with Gasteiger partial charge >= 0.3 is 6.09 Å². The minimum absolute atomic E-state index is 0.0168. The molecule has 1 aromatic heterocycles. The number of ether oxygens (including phenoxy) is 2. The zero-order valence-corrected chi connectivity index (χ0v) is 22.6. The van der Waals surface area contributed by atoms with Crippen molar-refractivity contribution >= 4 is 39.4 Å². The van der Waals surface area contributed by atoms with E-state index in [-0.39, 0.29) is 30.0 Å². The van der Waals surface area contributed by atoms with Gasteiger partial charge in [0.2, 0.25) is 0 Å². The Morgan fingerprint density at radius 3 is 2.61 bits per heavy atom. The van der Waals surface area contributed by atoms with Crippen LogP contribution in [0.15, 0.2) is 41.0 Å². The number of likely N-dealkylation sites (tertiary alicyclic amines) is 1. The largest absolute Gasteiger partial charge is 0.494 e. The summed E-state index contributed by atoms with van der Waals surface area (Å²) in [7, 11) is 0. The van der Waals surface area contributed by atoms with Crippen LogP contribution in [-0.4, -0.2) is 47.9 Å². The fourth-order valence-electron chi connectivity index (χ4n) is 5.71. The lowest BCUT2D eigenvalue weighted by atomic mass is 9.81. The summed E-state index contributed by atoms with van der Waals surface area (Å²) in [5.41, 5.74) is 1.18. The van der Waals surface area contributed by atoms with Crippen molar-refractivity contribution in [2.75, 3.05) is 19.7 Å². The number of hydrogen-bond donors (Lipinski definition) is 0. The van der Waals surface area contributed by atoms with Gasteiger partial charge in [0.25, 0.3) is 0 Å². The third kappa shape index (κ3) is 5.87. The lowest BCUT2D eigenvalue weighted by Gasteiger charge is -2.33. The average Bonchev–Trinajstić information content (AvgIpc) is 3.30. The molecule has 2 aromatic carbocycles. The summed E-state index contributed by atoms with van der Waals surface area (Å²) in [6, 6.07) is 10.0. The smallest absolute Gasteiger partial charge is 0.410 e. The molecule has 7 heteroatoms. The fraction of sp³-hybridized carbons (Fsp3) is 0.516. The lowest BCUT2D eigenvalue weighted by Crippen LogP contribution is -2.41. The molecule has 0 radical (unpaired) electrons. The number of benzene rings is 2. The number of carbonyl (C=O) groups is 3. The number of carbonyl (C=O) groups excluding carboxylic acids is 3. The van der Waals surface area contributed by atoms with Crippen molar-refractivity contribution in [3.05, 3.63) is 42.2 Å². The van der Waals surface area contributed by atoms with Gasteiger partial charge in [-0.2, -0.15) is 0 Å². The van der Waals surface area contributed by atoms with Gasteiger partial charge < -0.3 is 18.8 Å². The molecule has 1 saturated carbocycles. The highest BCUT2D eigenvalue weighted by Gasteiger charge is 2.31. The van der Waals surface area contributed by atoms with Crippen LogP contribution < -0.4 is 4.74 Å². The van der Waals surface area contributed by atoms with E-state index in [1.54, 1.807) is 6.26 Å². The third-order valence-corrected chi connectivity index (χ3v) is 7.69. The molecule has 1 amide bonds. The molecular weight excluding hydrogens is 482 g/mol. The van der Waals surface area contributed by atoms with Crippen LogP contribution in [-0.2, 0) is 14.3 Å².